The van der Waals surface area contributed by atoms with Crippen LogP contribution < -0.4 is 10.1 Å². The fourth-order valence-corrected chi connectivity index (χ4v) is 2.07. The number of nitro groups is 1. The van der Waals surface area contributed by atoms with E-state index in [4.69, 9.17) is 4.74 Å². The molecule has 0 bridgehead atoms. The first-order chi connectivity index (χ1) is 8.70. The van der Waals surface area contributed by atoms with Gasteiger partial charge in [0, 0.05) is 18.7 Å². The maximum Gasteiger partial charge on any atom is 0.311 e. The van der Waals surface area contributed by atoms with E-state index in [9.17, 15) is 10.1 Å². The van der Waals surface area contributed by atoms with E-state index in [1.165, 1.54) is 19.2 Å². The van der Waals surface area contributed by atoms with Crippen molar-refractivity contribution in [1.82, 2.24) is 4.98 Å². The number of nitrogens with zero attached hydrogens (tertiary/aromatic N) is 2. The molecule has 0 spiro atoms. The zero-order valence-electron chi connectivity index (χ0n) is 9.62. The monoisotopic (exact) mass is 265 g/mol. The molecule has 0 unspecified atom stereocenters. The van der Waals surface area contributed by atoms with Crippen LogP contribution in [0.25, 0.3) is 0 Å². The summed E-state index contributed by atoms with van der Waals surface area (Å²) in [5.41, 5.74) is 0.991. The van der Waals surface area contributed by atoms with Crippen LogP contribution in [0.15, 0.2) is 29.0 Å². The van der Waals surface area contributed by atoms with E-state index in [-0.39, 0.29) is 11.5 Å². The predicted octanol–water partition coefficient (Wildman–Crippen LogP) is 2.67. The minimum atomic E-state index is -0.470. The van der Waals surface area contributed by atoms with Gasteiger partial charge in [-0.1, -0.05) is 0 Å². The number of hydrogen-bond donors (Lipinski definition) is 1. The molecule has 2 heterocycles. The Balaban J connectivity index is 2.20. The number of pyridine rings is 1. The lowest BCUT2D eigenvalue weighted by molar-refractivity contribution is -0.384. The summed E-state index contributed by atoms with van der Waals surface area (Å²) in [6, 6.07) is 4.79. The van der Waals surface area contributed by atoms with Gasteiger partial charge in [-0.25, -0.2) is 0 Å². The average molecular weight is 265 g/mol. The molecule has 0 aliphatic heterocycles. The van der Waals surface area contributed by atoms with Gasteiger partial charge < -0.3 is 10.1 Å². The average Bonchev–Trinajstić information content (AvgIpc) is 2.88. The minimum absolute atomic E-state index is 0.0639. The number of methoxy groups -OCH3 is 1. The highest BCUT2D eigenvalue weighted by Crippen LogP contribution is 2.25. The molecule has 0 radical (unpaired) electrons. The van der Waals surface area contributed by atoms with Crippen LogP contribution in [0.1, 0.15) is 5.56 Å². The molecule has 1 N–H and O–H groups in total. The Morgan fingerprint density at radius 1 is 1.50 bits per heavy atom. The highest BCUT2D eigenvalue weighted by atomic mass is 32.1. The van der Waals surface area contributed by atoms with E-state index in [1.807, 2.05) is 16.8 Å². The quantitative estimate of drug-likeness (QED) is 0.664. The van der Waals surface area contributed by atoms with Crippen molar-refractivity contribution in [2.75, 3.05) is 12.4 Å². The zero-order valence-corrected chi connectivity index (χ0v) is 10.4. The maximum absolute atomic E-state index is 10.9. The number of nitrogens with one attached hydrogen (secondary N) is 1. The summed E-state index contributed by atoms with van der Waals surface area (Å²) in [5, 5.41) is 17.7. The molecule has 7 heteroatoms. The second-order valence-electron chi connectivity index (χ2n) is 3.46. The number of ether oxygens (including phenoxy) is 1. The summed E-state index contributed by atoms with van der Waals surface area (Å²) < 4.78 is 4.95. The molecule has 0 aliphatic carbocycles. The highest BCUT2D eigenvalue weighted by Gasteiger charge is 2.16. The van der Waals surface area contributed by atoms with Gasteiger partial charge in [-0.15, -0.1) is 0 Å². The normalized spacial score (nSPS) is 10.1. The molecule has 0 aliphatic rings. The third kappa shape index (κ3) is 2.75. The molecule has 0 saturated carbocycles. The fourth-order valence-electron chi connectivity index (χ4n) is 1.40. The smallest absolute Gasteiger partial charge is 0.311 e. The summed E-state index contributed by atoms with van der Waals surface area (Å²) in [7, 11) is 1.47. The predicted molar refractivity (Wildman–Crippen MR) is 69.1 cm³/mol. The van der Waals surface area contributed by atoms with Crippen molar-refractivity contribution in [3.8, 4) is 5.88 Å². The highest BCUT2D eigenvalue weighted by molar-refractivity contribution is 7.07. The van der Waals surface area contributed by atoms with E-state index in [2.05, 4.69) is 10.3 Å². The van der Waals surface area contributed by atoms with Crippen LogP contribution in [0, 0.1) is 10.1 Å². The number of thiophene rings is 1. The SMILES string of the molecule is COc1ccc([N+](=O)[O-])c(NCc2ccsc2)n1. The first-order valence-electron chi connectivity index (χ1n) is 5.15. The number of aromatic nitrogens is 1. The van der Waals surface area contributed by atoms with Crippen LogP contribution in [-0.4, -0.2) is 17.0 Å². The first-order valence-corrected chi connectivity index (χ1v) is 6.09. The Kier molecular flexibility index (Phi) is 3.73. The van der Waals surface area contributed by atoms with Gasteiger partial charge in [0.05, 0.1) is 12.0 Å². The third-order valence-corrected chi connectivity index (χ3v) is 3.03. The van der Waals surface area contributed by atoms with Crippen LogP contribution in [0.4, 0.5) is 11.5 Å². The summed E-state index contributed by atoms with van der Waals surface area (Å²) >= 11 is 1.57. The molecule has 2 aromatic heterocycles. The number of hydrogen-bond acceptors (Lipinski definition) is 6. The van der Waals surface area contributed by atoms with E-state index in [0.717, 1.165) is 5.56 Å². The molecule has 94 valence electrons. The summed E-state index contributed by atoms with van der Waals surface area (Å²) in [5.74, 6) is 0.555. The van der Waals surface area contributed by atoms with Crippen molar-refractivity contribution in [1.29, 1.82) is 0 Å². The minimum Gasteiger partial charge on any atom is -0.481 e. The second-order valence-corrected chi connectivity index (χ2v) is 4.24. The van der Waals surface area contributed by atoms with Crippen molar-refractivity contribution in [2.45, 2.75) is 6.54 Å². The van der Waals surface area contributed by atoms with Crippen molar-refractivity contribution in [3.63, 3.8) is 0 Å². The number of rotatable bonds is 5. The van der Waals surface area contributed by atoms with Crippen molar-refractivity contribution < 1.29 is 9.66 Å². The molecular formula is C11H11N3O3S. The Bertz CT molecular complexity index is 542. The van der Waals surface area contributed by atoms with E-state index in [0.29, 0.717) is 12.4 Å². The van der Waals surface area contributed by atoms with Gasteiger partial charge in [-0.2, -0.15) is 16.3 Å². The van der Waals surface area contributed by atoms with Crippen molar-refractivity contribution >= 4 is 22.8 Å². The van der Waals surface area contributed by atoms with E-state index < -0.39 is 4.92 Å². The molecular weight excluding hydrogens is 254 g/mol. The maximum atomic E-state index is 10.9. The van der Waals surface area contributed by atoms with Gasteiger partial charge in [-0.05, 0) is 22.4 Å². The molecule has 18 heavy (non-hydrogen) atoms. The lowest BCUT2D eigenvalue weighted by Crippen LogP contribution is -2.04. The van der Waals surface area contributed by atoms with Gasteiger partial charge in [0.1, 0.15) is 0 Å². The Morgan fingerprint density at radius 3 is 2.94 bits per heavy atom. The van der Waals surface area contributed by atoms with Crippen molar-refractivity contribution in [3.05, 3.63) is 44.6 Å². The molecule has 0 amide bonds. The standard InChI is InChI=1S/C11H11N3O3S/c1-17-10-3-2-9(14(15)16)11(13-10)12-6-8-4-5-18-7-8/h2-5,7H,6H2,1H3,(H,12,13). The van der Waals surface area contributed by atoms with Crippen LogP contribution in [0.2, 0.25) is 0 Å². The molecule has 0 atom stereocenters. The molecule has 0 fully saturated rings. The van der Waals surface area contributed by atoms with Gasteiger partial charge in [0.2, 0.25) is 11.7 Å². The van der Waals surface area contributed by atoms with Gasteiger partial charge in [0.15, 0.2) is 0 Å². The molecule has 0 aromatic carbocycles. The third-order valence-electron chi connectivity index (χ3n) is 2.29. The lowest BCUT2D eigenvalue weighted by atomic mass is 10.3. The first kappa shape index (κ1) is 12.3. The van der Waals surface area contributed by atoms with Crippen molar-refractivity contribution in [2.24, 2.45) is 0 Å². The largest absolute Gasteiger partial charge is 0.481 e. The van der Waals surface area contributed by atoms with Gasteiger partial charge >= 0.3 is 5.69 Å². The van der Waals surface area contributed by atoms with Gasteiger partial charge in [-0.3, -0.25) is 10.1 Å². The van der Waals surface area contributed by atoms with Crippen LogP contribution >= 0.6 is 11.3 Å². The molecule has 0 saturated heterocycles. The van der Waals surface area contributed by atoms with Crippen LogP contribution in [0.5, 0.6) is 5.88 Å². The second kappa shape index (κ2) is 5.46. The Hall–Kier alpha value is -2.15. The summed E-state index contributed by atoms with van der Waals surface area (Å²) in [4.78, 5) is 14.4. The van der Waals surface area contributed by atoms with Crippen LogP contribution in [-0.2, 0) is 6.54 Å². The zero-order chi connectivity index (χ0) is 13.0. The van der Waals surface area contributed by atoms with Gasteiger partial charge in [0.25, 0.3) is 0 Å². The van der Waals surface area contributed by atoms with Crippen LogP contribution in [0.3, 0.4) is 0 Å². The molecule has 2 rings (SSSR count). The summed E-state index contributed by atoms with van der Waals surface area (Å²) in [6.45, 7) is 0.491. The Labute approximate surface area is 107 Å². The topological polar surface area (TPSA) is 77.3 Å². The molecule has 6 nitrogen and oxygen atoms in total. The Morgan fingerprint density at radius 2 is 2.33 bits per heavy atom. The lowest BCUT2D eigenvalue weighted by Gasteiger charge is -2.06. The fraction of sp³-hybridized carbons (Fsp3) is 0.182. The van der Waals surface area contributed by atoms with E-state index in [1.54, 1.807) is 11.3 Å². The molecule has 2 aromatic rings. The van der Waals surface area contributed by atoms with E-state index >= 15 is 0 Å². The number of anilines is 1. The summed E-state index contributed by atoms with van der Waals surface area (Å²) in [6.07, 6.45) is 0.